The molecule has 2 aromatic carbocycles. The quantitative estimate of drug-likeness (QED) is 0.805. The standard InChI is InChI=1S/C20H24ClN3O3S/c1-15-3-8-19(16(2)13-15)28(26,27)24-11-9-23(10-12-24)14-20(25)22-18-6-4-17(21)5-7-18/h3-8,13H,9-12,14H2,1-2H3,(H,22,25). The molecule has 0 atom stereocenters. The van der Waals surface area contributed by atoms with Gasteiger partial charge in [0.15, 0.2) is 0 Å². The molecule has 3 rings (SSSR count). The molecule has 0 bridgehead atoms. The number of piperazine rings is 1. The van der Waals surface area contributed by atoms with Gasteiger partial charge >= 0.3 is 0 Å². The van der Waals surface area contributed by atoms with E-state index in [1.807, 2.05) is 30.9 Å². The molecule has 0 unspecified atom stereocenters. The minimum Gasteiger partial charge on any atom is -0.325 e. The molecular formula is C20H24ClN3O3S. The Kier molecular flexibility index (Phi) is 6.40. The number of amides is 1. The first-order valence-corrected chi connectivity index (χ1v) is 10.9. The zero-order valence-electron chi connectivity index (χ0n) is 16.0. The molecule has 1 fully saturated rings. The van der Waals surface area contributed by atoms with Gasteiger partial charge in [0.1, 0.15) is 0 Å². The third-order valence-corrected chi connectivity index (χ3v) is 7.09. The second kappa shape index (κ2) is 8.61. The Labute approximate surface area is 171 Å². The molecule has 0 saturated carbocycles. The minimum atomic E-state index is -3.52. The van der Waals surface area contributed by atoms with Crippen LogP contribution in [0.25, 0.3) is 0 Å². The number of anilines is 1. The Bertz CT molecular complexity index is 953. The predicted octanol–water partition coefficient (Wildman–Crippen LogP) is 2.90. The average molecular weight is 422 g/mol. The monoisotopic (exact) mass is 421 g/mol. The third-order valence-electron chi connectivity index (χ3n) is 4.77. The number of aryl methyl sites for hydroxylation is 2. The molecule has 8 heteroatoms. The Balaban J connectivity index is 1.56. The second-order valence-electron chi connectivity index (χ2n) is 7.00. The van der Waals surface area contributed by atoms with Crippen molar-refractivity contribution in [2.24, 2.45) is 0 Å². The van der Waals surface area contributed by atoms with Crippen LogP contribution in [-0.4, -0.2) is 56.3 Å². The Morgan fingerprint density at radius 1 is 1.04 bits per heavy atom. The van der Waals surface area contributed by atoms with Crippen LogP contribution in [0.4, 0.5) is 5.69 Å². The number of benzene rings is 2. The molecule has 0 radical (unpaired) electrons. The summed E-state index contributed by atoms with van der Waals surface area (Å²) in [5, 5.41) is 3.44. The molecule has 0 spiro atoms. The van der Waals surface area contributed by atoms with Gasteiger partial charge in [-0.05, 0) is 49.7 Å². The molecule has 0 aromatic heterocycles. The number of sulfonamides is 1. The van der Waals surface area contributed by atoms with Gasteiger partial charge in [0.05, 0.1) is 11.4 Å². The highest BCUT2D eigenvalue weighted by Crippen LogP contribution is 2.22. The molecule has 1 aliphatic heterocycles. The Hall–Kier alpha value is -1.93. The first-order valence-electron chi connectivity index (χ1n) is 9.11. The average Bonchev–Trinajstić information content (AvgIpc) is 2.64. The fraction of sp³-hybridized carbons (Fsp3) is 0.350. The lowest BCUT2D eigenvalue weighted by Crippen LogP contribution is -2.50. The minimum absolute atomic E-state index is 0.131. The molecule has 6 nitrogen and oxygen atoms in total. The van der Waals surface area contributed by atoms with Gasteiger partial charge in [-0.25, -0.2) is 8.42 Å². The fourth-order valence-electron chi connectivity index (χ4n) is 3.29. The molecule has 1 amide bonds. The van der Waals surface area contributed by atoms with E-state index in [0.717, 1.165) is 11.1 Å². The molecule has 28 heavy (non-hydrogen) atoms. The van der Waals surface area contributed by atoms with Gasteiger partial charge in [-0.1, -0.05) is 29.3 Å². The van der Waals surface area contributed by atoms with Crippen molar-refractivity contribution in [3.05, 3.63) is 58.6 Å². The van der Waals surface area contributed by atoms with Crippen LogP contribution in [0.3, 0.4) is 0 Å². The van der Waals surface area contributed by atoms with Gasteiger partial charge in [0.25, 0.3) is 0 Å². The number of rotatable bonds is 5. The summed E-state index contributed by atoms with van der Waals surface area (Å²) >= 11 is 5.84. The van der Waals surface area contributed by atoms with Crippen LogP contribution in [0.15, 0.2) is 47.4 Å². The maximum absolute atomic E-state index is 12.9. The molecule has 2 aromatic rings. The van der Waals surface area contributed by atoms with Crippen LogP contribution in [0.1, 0.15) is 11.1 Å². The number of halogens is 1. The summed E-state index contributed by atoms with van der Waals surface area (Å²) in [5.74, 6) is -0.131. The van der Waals surface area contributed by atoms with E-state index in [9.17, 15) is 13.2 Å². The lowest BCUT2D eigenvalue weighted by Gasteiger charge is -2.33. The van der Waals surface area contributed by atoms with Crippen LogP contribution in [0.2, 0.25) is 5.02 Å². The first-order chi connectivity index (χ1) is 13.3. The summed E-state index contributed by atoms with van der Waals surface area (Å²) in [6.45, 7) is 5.73. The topological polar surface area (TPSA) is 69.7 Å². The molecule has 150 valence electrons. The molecule has 1 aliphatic rings. The lowest BCUT2D eigenvalue weighted by atomic mass is 10.2. The van der Waals surface area contributed by atoms with Crippen molar-refractivity contribution in [3.63, 3.8) is 0 Å². The van der Waals surface area contributed by atoms with Crippen molar-refractivity contribution in [2.45, 2.75) is 18.7 Å². The van der Waals surface area contributed by atoms with Crippen LogP contribution >= 0.6 is 11.6 Å². The van der Waals surface area contributed by atoms with Gasteiger partial charge < -0.3 is 5.32 Å². The van der Waals surface area contributed by atoms with E-state index < -0.39 is 10.0 Å². The SMILES string of the molecule is Cc1ccc(S(=O)(=O)N2CCN(CC(=O)Nc3ccc(Cl)cc3)CC2)c(C)c1. The van der Waals surface area contributed by atoms with Crippen molar-refractivity contribution >= 4 is 33.2 Å². The number of carbonyl (C=O) groups excluding carboxylic acids is 1. The molecule has 1 heterocycles. The van der Waals surface area contributed by atoms with E-state index in [1.165, 1.54) is 4.31 Å². The largest absolute Gasteiger partial charge is 0.325 e. The van der Waals surface area contributed by atoms with Crippen LogP contribution in [0.5, 0.6) is 0 Å². The molecule has 1 saturated heterocycles. The van der Waals surface area contributed by atoms with Gasteiger partial charge in [-0.3, -0.25) is 9.69 Å². The summed E-state index contributed by atoms with van der Waals surface area (Å²) < 4.78 is 27.4. The second-order valence-corrected chi connectivity index (χ2v) is 9.35. The van der Waals surface area contributed by atoms with E-state index in [-0.39, 0.29) is 12.5 Å². The fourth-order valence-corrected chi connectivity index (χ4v) is 5.05. The third kappa shape index (κ3) is 4.91. The maximum atomic E-state index is 12.9. The predicted molar refractivity (Wildman–Crippen MR) is 111 cm³/mol. The molecule has 0 aliphatic carbocycles. The van der Waals surface area contributed by atoms with E-state index in [1.54, 1.807) is 30.3 Å². The zero-order valence-corrected chi connectivity index (χ0v) is 17.6. The Morgan fingerprint density at radius 2 is 1.68 bits per heavy atom. The number of nitrogens with one attached hydrogen (secondary N) is 1. The number of nitrogens with zero attached hydrogens (tertiary/aromatic N) is 2. The van der Waals surface area contributed by atoms with Gasteiger partial charge in [0, 0.05) is 36.9 Å². The normalized spacial score (nSPS) is 16.1. The summed E-state index contributed by atoms with van der Waals surface area (Å²) in [4.78, 5) is 14.5. The van der Waals surface area contributed by atoms with Crippen LogP contribution in [-0.2, 0) is 14.8 Å². The highest BCUT2D eigenvalue weighted by atomic mass is 35.5. The lowest BCUT2D eigenvalue weighted by molar-refractivity contribution is -0.117. The van der Waals surface area contributed by atoms with Crippen molar-refractivity contribution in [1.82, 2.24) is 9.21 Å². The zero-order chi connectivity index (χ0) is 20.3. The maximum Gasteiger partial charge on any atom is 0.243 e. The van der Waals surface area contributed by atoms with Crippen molar-refractivity contribution < 1.29 is 13.2 Å². The summed E-state index contributed by atoms with van der Waals surface area (Å²) in [7, 11) is -3.52. The van der Waals surface area contributed by atoms with E-state index in [2.05, 4.69) is 5.32 Å². The summed E-state index contributed by atoms with van der Waals surface area (Å²) in [6.07, 6.45) is 0. The van der Waals surface area contributed by atoms with E-state index in [4.69, 9.17) is 11.6 Å². The van der Waals surface area contributed by atoms with Gasteiger partial charge in [0.2, 0.25) is 15.9 Å². The number of carbonyl (C=O) groups is 1. The van der Waals surface area contributed by atoms with Gasteiger partial charge in [-0.15, -0.1) is 0 Å². The van der Waals surface area contributed by atoms with E-state index in [0.29, 0.717) is 41.8 Å². The van der Waals surface area contributed by atoms with Crippen LogP contribution < -0.4 is 5.32 Å². The summed E-state index contributed by atoms with van der Waals surface area (Å²) in [5.41, 5.74) is 2.48. The van der Waals surface area contributed by atoms with Crippen molar-refractivity contribution in [1.29, 1.82) is 0 Å². The number of hydrogen-bond donors (Lipinski definition) is 1. The van der Waals surface area contributed by atoms with Crippen LogP contribution in [0, 0.1) is 13.8 Å². The highest BCUT2D eigenvalue weighted by molar-refractivity contribution is 7.89. The Morgan fingerprint density at radius 3 is 2.29 bits per heavy atom. The van der Waals surface area contributed by atoms with Gasteiger partial charge in [-0.2, -0.15) is 4.31 Å². The summed E-state index contributed by atoms with van der Waals surface area (Å²) in [6, 6.07) is 12.3. The smallest absolute Gasteiger partial charge is 0.243 e. The molecule has 1 N–H and O–H groups in total. The van der Waals surface area contributed by atoms with E-state index >= 15 is 0 Å². The molecular weight excluding hydrogens is 398 g/mol. The first kappa shape index (κ1) is 20.8. The van der Waals surface area contributed by atoms with Crippen molar-refractivity contribution in [2.75, 3.05) is 38.0 Å². The highest BCUT2D eigenvalue weighted by Gasteiger charge is 2.30. The van der Waals surface area contributed by atoms with Crippen molar-refractivity contribution in [3.8, 4) is 0 Å². The number of hydrogen-bond acceptors (Lipinski definition) is 4.